The van der Waals surface area contributed by atoms with E-state index >= 15 is 0 Å². The first-order chi connectivity index (χ1) is 12.0. The minimum atomic E-state index is -1.60. The van der Waals surface area contributed by atoms with Crippen LogP contribution in [0.5, 0.6) is 0 Å². The Labute approximate surface area is 148 Å². The van der Waals surface area contributed by atoms with Crippen molar-refractivity contribution in [1.82, 2.24) is 10.2 Å². The predicted molar refractivity (Wildman–Crippen MR) is 90.6 cm³/mol. The van der Waals surface area contributed by atoms with Crippen LogP contribution in [-0.2, 0) is 14.3 Å². The summed E-state index contributed by atoms with van der Waals surface area (Å²) in [5, 5.41) is 3.21. The van der Waals surface area contributed by atoms with Gasteiger partial charge in [0.25, 0.3) is 5.91 Å². The molecule has 2 saturated carbocycles. The number of alkyl halides is 1. The topological polar surface area (TPSA) is 58.6 Å². The van der Waals surface area contributed by atoms with Crippen molar-refractivity contribution in [2.45, 2.75) is 69.5 Å². The molecule has 2 heterocycles. The van der Waals surface area contributed by atoms with E-state index in [2.05, 4.69) is 5.32 Å². The zero-order chi connectivity index (χ0) is 17.5. The molecule has 1 N–H and O–H groups in total. The quantitative estimate of drug-likeness (QED) is 0.844. The Bertz CT molecular complexity index is 537. The monoisotopic (exact) mass is 352 g/mol. The van der Waals surface area contributed by atoms with Gasteiger partial charge in [0, 0.05) is 26.1 Å². The summed E-state index contributed by atoms with van der Waals surface area (Å²) in [6.07, 6.45) is 7.09. The van der Waals surface area contributed by atoms with Crippen LogP contribution in [0.1, 0.15) is 57.8 Å². The van der Waals surface area contributed by atoms with Crippen molar-refractivity contribution >= 4 is 11.8 Å². The number of ether oxygens (including phenoxy) is 1. The minimum absolute atomic E-state index is 0.00265. The molecule has 0 bridgehead atoms. The Kier molecular flexibility index (Phi) is 4.50. The Hall–Kier alpha value is -1.17. The Morgan fingerprint density at radius 1 is 1.12 bits per heavy atom. The van der Waals surface area contributed by atoms with E-state index in [1.54, 1.807) is 4.90 Å². The highest BCUT2D eigenvalue weighted by Gasteiger charge is 2.50. The van der Waals surface area contributed by atoms with Crippen LogP contribution in [0.15, 0.2) is 0 Å². The van der Waals surface area contributed by atoms with Gasteiger partial charge in [0.05, 0.1) is 12.6 Å². The van der Waals surface area contributed by atoms with Gasteiger partial charge in [-0.15, -0.1) is 0 Å². The fraction of sp³-hybridized carbons (Fsp3) is 0.895. The maximum absolute atomic E-state index is 14.4. The zero-order valence-electron chi connectivity index (χ0n) is 14.9. The Morgan fingerprint density at radius 3 is 2.44 bits per heavy atom. The first kappa shape index (κ1) is 17.3. The second kappa shape index (κ2) is 6.53. The van der Waals surface area contributed by atoms with Crippen LogP contribution >= 0.6 is 0 Å². The summed E-state index contributed by atoms with van der Waals surface area (Å²) in [6.45, 7) is 2.45. The molecule has 1 spiro atoms. The molecule has 4 aliphatic rings. The molecule has 25 heavy (non-hydrogen) atoms. The van der Waals surface area contributed by atoms with Crippen molar-refractivity contribution in [3.05, 3.63) is 0 Å². The lowest BCUT2D eigenvalue weighted by atomic mass is 9.68. The number of nitrogens with one attached hydrogen (secondary N) is 1. The van der Waals surface area contributed by atoms with Gasteiger partial charge in [0.15, 0.2) is 5.67 Å². The van der Waals surface area contributed by atoms with E-state index in [-0.39, 0.29) is 23.3 Å². The number of hydrogen-bond acceptors (Lipinski definition) is 3. The largest absolute Gasteiger partial charge is 0.379 e. The number of halogens is 1. The number of amides is 2. The van der Waals surface area contributed by atoms with Crippen molar-refractivity contribution in [3.63, 3.8) is 0 Å². The Morgan fingerprint density at radius 2 is 1.84 bits per heavy atom. The van der Waals surface area contributed by atoms with Crippen LogP contribution in [0, 0.1) is 11.3 Å². The standard InChI is InChI=1S/C19H29FN2O3/c20-19(4-1-5-19)17(24)22-9-6-18(7-10-22)8-11-25-13-15(18)21-16(23)12-14-2-3-14/h14-15H,1-13H2,(H,21,23)/t15-/m1/s1. The van der Waals surface area contributed by atoms with Gasteiger partial charge in [0.2, 0.25) is 5.91 Å². The molecule has 2 aliphatic heterocycles. The predicted octanol–water partition coefficient (Wildman–Crippen LogP) is 2.19. The first-order valence-electron chi connectivity index (χ1n) is 9.86. The van der Waals surface area contributed by atoms with Crippen LogP contribution in [0.25, 0.3) is 0 Å². The third kappa shape index (κ3) is 3.42. The zero-order valence-corrected chi connectivity index (χ0v) is 14.9. The van der Waals surface area contributed by atoms with Crippen molar-refractivity contribution in [2.24, 2.45) is 11.3 Å². The highest BCUT2D eigenvalue weighted by atomic mass is 19.1. The van der Waals surface area contributed by atoms with E-state index in [0.717, 1.165) is 25.7 Å². The highest BCUT2D eigenvalue weighted by Crippen LogP contribution is 2.43. The van der Waals surface area contributed by atoms with Gasteiger partial charge in [-0.2, -0.15) is 0 Å². The van der Waals surface area contributed by atoms with Crippen molar-refractivity contribution in [3.8, 4) is 0 Å². The van der Waals surface area contributed by atoms with Gasteiger partial charge in [-0.05, 0) is 62.7 Å². The summed E-state index contributed by atoms with van der Waals surface area (Å²) in [4.78, 5) is 26.4. The van der Waals surface area contributed by atoms with Crippen LogP contribution < -0.4 is 5.32 Å². The minimum Gasteiger partial charge on any atom is -0.379 e. The van der Waals surface area contributed by atoms with Crippen molar-refractivity contribution in [2.75, 3.05) is 26.3 Å². The molecular weight excluding hydrogens is 323 g/mol. The van der Waals surface area contributed by atoms with Gasteiger partial charge < -0.3 is 15.0 Å². The first-order valence-corrected chi connectivity index (χ1v) is 9.86. The fourth-order valence-corrected chi connectivity index (χ4v) is 4.60. The molecule has 4 fully saturated rings. The molecule has 140 valence electrons. The molecule has 2 amide bonds. The Balaban J connectivity index is 1.36. The number of piperidine rings is 1. The van der Waals surface area contributed by atoms with E-state index in [0.29, 0.717) is 51.5 Å². The average Bonchev–Trinajstić information content (AvgIpc) is 3.39. The maximum Gasteiger partial charge on any atom is 0.260 e. The number of hydrogen-bond donors (Lipinski definition) is 1. The molecule has 0 radical (unpaired) electrons. The molecule has 0 unspecified atom stereocenters. The molecule has 1 atom stereocenters. The number of likely N-dealkylation sites (tertiary alicyclic amines) is 1. The lowest BCUT2D eigenvalue weighted by Crippen LogP contribution is -2.60. The number of carbonyl (C=O) groups excluding carboxylic acids is 2. The van der Waals surface area contributed by atoms with Crippen LogP contribution in [0.3, 0.4) is 0 Å². The second-order valence-corrected chi connectivity index (χ2v) is 8.57. The summed E-state index contributed by atoms with van der Waals surface area (Å²) in [5.74, 6) is 0.395. The van der Waals surface area contributed by atoms with Crippen molar-refractivity contribution < 1.29 is 18.7 Å². The van der Waals surface area contributed by atoms with Crippen LogP contribution in [0.4, 0.5) is 4.39 Å². The van der Waals surface area contributed by atoms with E-state index in [1.807, 2.05) is 0 Å². The van der Waals surface area contributed by atoms with Gasteiger partial charge in [0.1, 0.15) is 0 Å². The third-order valence-electron chi connectivity index (χ3n) is 6.85. The summed E-state index contributed by atoms with van der Waals surface area (Å²) in [6, 6.07) is 0.0211. The molecule has 2 aliphatic carbocycles. The van der Waals surface area contributed by atoms with E-state index in [1.165, 1.54) is 12.8 Å². The third-order valence-corrected chi connectivity index (χ3v) is 6.85. The van der Waals surface area contributed by atoms with Gasteiger partial charge >= 0.3 is 0 Å². The second-order valence-electron chi connectivity index (χ2n) is 8.57. The summed E-state index contributed by atoms with van der Waals surface area (Å²) in [5.41, 5.74) is -1.60. The molecule has 0 aromatic rings. The van der Waals surface area contributed by atoms with Crippen LogP contribution in [0.2, 0.25) is 0 Å². The fourth-order valence-electron chi connectivity index (χ4n) is 4.60. The van der Waals surface area contributed by atoms with Gasteiger partial charge in [-0.1, -0.05) is 0 Å². The normalized spacial score (nSPS) is 30.6. The van der Waals surface area contributed by atoms with Gasteiger partial charge in [-0.3, -0.25) is 9.59 Å². The summed E-state index contributed by atoms with van der Waals surface area (Å²) < 4.78 is 20.1. The van der Waals surface area contributed by atoms with Gasteiger partial charge in [-0.25, -0.2) is 4.39 Å². The molecule has 0 aromatic heterocycles. The number of nitrogens with zero attached hydrogens (tertiary/aromatic N) is 1. The molecule has 5 nitrogen and oxygen atoms in total. The highest BCUT2D eigenvalue weighted by molar-refractivity contribution is 5.86. The lowest BCUT2D eigenvalue weighted by Gasteiger charge is -2.50. The SMILES string of the molecule is O=C(CC1CC1)N[C@@H]1COCCC12CCN(C(=O)C1(F)CCC1)CC2. The number of carbonyl (C=O) groups is 2. The summed E-state index contributed by atoms with van der Waals surface area (Å²) >= 11 is 0. The molecule has 0 aromatic carbocycles. The average molecular weight is 352 g/mol. The molecule has 4 rings (SSSR count). The van der Waals surface area contributed by atoms with Crippen molar-refractivity contribution in [1.29, 1.82) is 0 Å². The smallest absolute Gasteiger partial charge is 0.260 e. The molecule has 6 heteroatoms. The molecular formula is C19H29FN2O3. The summed E-state index contributed by atoms with van der Waals surface area (Å²) in [7, 11) is 0. The van der Waals surface area contributed by atoms with E-state index in [9.17, 15) is 14.0 Å². The van der Waals surface area contributed by atoms with E-state index in [4.69, 9.17) is 4.74 Å². The van der Waals surface area contributed by atoms with E-state index < -0.39 is 5.67 Å². The van der Waals surface area contributed by atoms with Crippen LogP contribution in [-0.4, -0.2) is 54.7 Å². The maximum atomic E-state index is 14.4. The lowest BCUT2D eigenvalue weighted by molar-refractivity contribution is -0.154. The molecule has 2 saturated heterocycles. The number of rotatable bonds is 4.